The number of methoxy groups -OCH3 is 1. The highest BCUT2D eigenvalue weighted by molar-refractivity contribution is 7.85. The second kappa shape index (κ2) is 6.64. The maximum absolute atomic E-state index is 13.1. The van der Waals surface area contributed by atoms with Crippen molar-refractivity contribution in [2.24, 2.45) is 5.92 Å². The van der Waals surface area contributed by atoms with Gasteiger partial charge < -0.3 is 4.74 Å². The largest absolute Gasteiger partial charge is 0.496 e. The molecule has 3 nitrogen and oxygen atoms in total. The highest BCUT2D eigenvalue weighted by Crippen LogP contribution is 2.20. The Morgan fingerprint density at radius 3 is 2.67 bits per heavy atom. The summed E-state index contributed by atoms with van der Waals surface area (Å²) in [6.45, 7) is 3.87. The third-order valence-corrected chi connectivity index (χ3v) is 3.90. The fraction of sp³-hybridized carbons (Fsp3) is 0.462. The zero-order valence-electron chi connectivity index (χ0n) is 10.7. The van der Waals surface area contributed by atoms with Gasteiger partial charge in [-0.05, 0) is 24.1 Å². The maximum Gasteiger partial charge on any atom is 0.179 e. The minimum absolute atomic E-state index is 0.0992. The molecule has 0 radical (unpaired) electrons. The van der Waals surface area contributed by atoms with E-state index in [1.165, 1.54) is 19.2 Å². The molecule has 1 unspecified atom stereocenters. The molecule has 1 atom stereocenters. The zero-order chi connectivity index (χ0) is 13.7. The molecule has 0 bridgehead atoms. The second-order valence-electron chi connectivity index (χ2n) is 4.41. The van der Waals surface area contributed by atoms with Crippen molar-refractivity contribution in [3.63, 3.8) is 0 Å². The summed E-state index contributed by atoms with van der Waals surface area (Å²) in [5.74, 6) is 0.0663. The van der Waals surface area contributed by atoms with Crippen molar-refractivity contribution in [2.45, 2.75) is 13.8 Å². The van der Waals surface area contributed by atoms with E-state index in [-0.39, 0.29) is 23.0 Å². The van der Waals surface area contributed by atoms with Crippen LogP contribution in [0.15, 0.2) is 18.2 Å². The molecule has 0 N–H and O–H groups in total. The summed E-state index contributed by atoms with van der Waals surface area (Å²) in [7, 11) is 0.187. The maximum atomic E-state index is 13.1. The molecule has 0 fully saturated rings. The third kappa shape index (κ3) is 4.22. The standard InChI is InChI=1S/C13H17FO3S/c1-9(2)7-18(16)8-12(15)11-6-10(14)4-5-13(11)17-3/h4-6,9H,7-8H2,1-3H3. The number of hydrogen-bond donors (Lipinski definition) is 0. The van der Waals surface area contributed by atoms with Crippen molar-refractivity contribution >= 4 is 16.6 Å². The summed E-state index contributed by atoms with van der Waals surface area (Å²) >= 11 is 0. The zero-order valence-corrected chi connectivity index (χ0v) is 11.6. The predicted octanol–water partition coefficient (Wildman–Crippen LogP) is 2.42. The number of halogens is 1. The van der Waals surface area contributed by atoms with Crippen LogP contribution in [0.1, 0.15) is 24.2 Å². The minimum Gasteiger partial charge on any atom is -0.496 e. The summed E-state index contributed by atoms with van der Waals surface area (Å²) < 4.78 is 29.8. The van der Waals surface area contributed by atoms with Crippen molar-refractivity contribution in [3.05, 3.63) is 29.6 Å². The third-order valence-electron chi connectivity index (χ3n) is 2.27. The molecular weight excluding hydrogens is 255 g/mol. The van der Waals surface area contributed by atoms with E-state index in [0.717, 1.165) is 6.07 Å². The molecule has 100 valence electrons. The van der Waals surface area contributed by atoms with Crippen LogP contribution in [0.25, 0.3) is 0 Å². The fourth-order valence-electron chi connectivity index (χ4n) is 1.55. The summed E-state index contributed by atoms with van der Waals surface area (Å²) in [6.07, 6.45) is 0. The lowest BCUT2D eigenvalue weighted by Crippen LogP contribution is -2.16. The van der Waals surface area contributed by atoms with Crippen molar-refractivity contribution in [2.75, 3.05) is 18.6 Å². The molecule has 0 aromatic heterocycles. The van der Waals surface area contributed by atoms with E-state index in [2.05, 4.69) is 0 Å². The Morgan fingerprint density at radius 2 is 2.11 bits per heavy atom. The van der Waals surface area contributed by atoms with Crippen molar-refractivity contribution < 1.29 is 18.1 Å². The van der Waals surface area contributed by atoms with Crippen molar-refractivity contribution in [3.8, 4) is 5.75 Å². The number of carbonyl (C=O) groups excluding carboxylic acids is 1. The first-order valence-electron chi connectivity index (χ1n) is 5.65. The SMILES string of the molecule is COc1ccc(F)cc1C(=O)CS(=O)CC(C)C. The first-order valence-corrected chi connectivity index (χ1v) is 7.14. The smallest absolute Gasteiger partial charge is 0.179 e. The topological polar surface area (TPSA) is 43.4 Å². The molecule has 5 heteroatoms. The van der Waals surface area contributed by atoms with Gasteiger partial charge >= 0.3 is 0 Å². The van der Waals surface area contributed by atoms with Gasteiger partial charge in [-0.25, -0.2) is 4.39 Å². The second-order valence-corrected chi connectivity index (χ2v) is 5.91. The molecule has 18 heavy (non-hydrogen) atoms. The van der Waals surface area contributed by atoms with E-state index in [4.69, 9.17) is 4.74 Å². The first kappa shape index (κ1) is 14.8. The highest BCUT2D eigenvalue weighted by atomic mass is 32.2. The molecule has 0 saturated carbocycles. The molecule has 0 heterocycles. The average molecular weight is 272 g/mol. The van der Waals surface area contributed by atoms with E-state index in [0.29, 0.717) is 11.5 Å². The Balaban J connectivity index is 2.83. The van der Waals surface area contributed by atoms with Gasteiger partial charge in [-0.15, -0.1) is 0 Å². The van der Waals surface area contributed by atoms with Crippen molar-refractivity contribution in [1.29, 1.82) is 0 Å². The monoisotopic (exact) mass is 272 g/mol. The van der Waals surface area contributed by atoms with E-state index in [1.54, 1.807) is 0 Å². The van der Waals surface area contributed by atoms with Crippen LogP contribution in [0.3, 0.4) is 0 Å². The number of hydrogen-bond acceptors (Lipinski definition) is 3. The Hall–Kier alpha value is -1.23. The highest BCUT2D eigenvalue weighted by Gasteiger charge is 2.16. The fourth-order valence-corrected chi connectivity index (χ4v) is 2.86. The molecule has 1 rings (SSSR count). The van der Waals surface area contributed by atoms with Gasteiger partial charge in [-0.1, -0.05) is 13.8 Å². The number of rotatable bonds is 6. The number of ketones is 1. The lowest BCUT2D eigenvalue weighted by Gasteiger charge is -2.08. The van der Waals surface area contributed by atoms with Crippen molar-refractivity contribution in [1.82, 2.24) is 0 Å². The Morgan fingerprint density at radius 1 is 1.44 bits per heavy atom. The number of ether oxygens (including phenoxy) is 1. The van der Waals surface area contributed by atoms with Crippen LogP contribution < -0.4 is 4.74 Å². The minimum atomic E-state index is -1.23. The van der Waals surface area contributed by atoms with Crippen LogP contribution in [0.2, 0.25) is 0 Å². The summed E-state index contributed by atoms with van der Waals surface area (Å²) in [6, 6.07) is 3.74. The molecule has 0 aliphatic rings. The Kier molecular flexibility index (Phi) is 5.47. The number of carbonyl (C=O) groups is 1. The van der Waals surface area contributed by atoms with Crippen LogP contribution in [0.4, 0.5) is 4.39 Å². The first-order chi connectivity index (χ1) is 8.43. The predicted molar refractivity (Wildman–Crippen MR) is 70.0 cm³/mol. The summed E-state index contributed by atoms with van der Waals surface area (Å²) in [4.78, 5) is 11.9. The van der Waals surface area contributed by atoms with Gasteiger partial charge in [0.25, 0.3) is 0 Å². The van der Waals surface area contributed by atoms with Crippen LogP contribution in [0, 0.1) is 11.7 Å². The van der Waals surface area contributed by atoms with Gasteiger partial charge in [-0.3, -0.25) is 9.00 Å². The summed E-state index contributed by atoms with van der Waals surface area (Å²) in [5, 5.41) is 0. The molecule has 0 saturated heterocycles. The average Bonchev–Trinajstić information content (AvgIpc) is 2.27. The van der Waals surface area contributed by atoms with Gasteiger partial charge in [0.2, 0.25) is 0 Å². The quantitative estimate of drug-likeness (QED) is 0.747. The molecule has 0 aliphatic carbocycles. The van der Waals surface area contributed by atoms with E-state index in [9.17, 15) is 13.4 Å². The molecular formula is C13H17FO3S. The summed E-state index contributed by atoms with van der Waals surface area (Å²) in [5.41, 5.74) is 0.148. The number of benzene rings is 1. The lowest BCUT2D eigenvalue weighted by atomic mass is 10.1. The van der Waals surface area contributed by atoms with Gasteiger partial charge in [0.05, 0.1) is 18.4 Å². The van der Waals surface area contributed by atoms with E-state index >= 15 is 0 Å². The van der Waals surface area contributed by atoms with Gasteiger partial charge in [0, 0.05) is 16.6 Å². The molecule has 1 aromatic rings. The van der Waals surface area contributed by atoms with Crippen LogP contribution in [-0.2, 0) is 10.8 Å². The normalized spacial score (nSPS) is 12.5. The van der Waals surface area contributed by atoms with Gasteiger partial charge in [-0.2, -0.15) is 0 Å². The van der Waals surface area contributed by atoms with Gasteiger partial charge in [0.1, 0.15) is 11.6 Å². The van der Waals surface area contributed by atoms with E-state index < -0.39 is 16.6 Å². The lowest BCUT2D eigenvalue weighted by molar-refractivity contribution is 0.101. The molecule has 0 amide bonds. The van der Waals surface area contributed by atoms with Crippen LogP contribution in [0.5, 0.6) is 5.75 Å². The molecule has 0 spiro atoms. The Bertz CT molecular complexity index is 458. The van der Waals surface area contributed by atoms with Crippen LogP contribution in [-0.4, -0.2) is 28.6 Å². The molecule has 1 aromatic carbocycles. The molecule has 0 aliphatic heterocycles. The number of Topliss-reactive ketones (excluding diaryl/α,β-unsaturated/α-hetero) is 1. The van der Waals surface area contributed by atoms with Crippen LogP contribution >= 0.6 is 0 Å². The van der Waals surface area contributed by atoms with Gasteiger partial charge in [0.15, 0.2) is 5.78 Å². The van der Waals surface area contributed by atoms with E-state index in [1.807, 2.05) is 13.8 Å². The Labute approximate surface area is 109 Å².